The van der Waals surface area contributed by atoms with E-state index in [4.69, 9.17) is 10.5 Å². The lowest BCUT2D eigenvalue weighted by atomic mass is 9.92. The highest BCUT2D eigenvalue weighted by Gasteiger charge is 2.53. The molecule has 0 aromatic carbocycles. The van der Waals surface area contributed by atoms with Crippen LogP contribution in [0, 0.1) is 6.92 Å². The molecule has 1 saturated carbocycles. The summed E-state index contributed by atoms with van der Waals surface area (Å²) in [6, 6.07) is 5.21. The van der Waals surface area contributed by atoms with E-state index in [1.54, 1.807) is 0 Å². The lowest BCUT2D eigenvalue weighted by molar-refractivity contribution is -0.143. The highest BCUT2D eigenvalue weighted by molar-refractivity contribution is 5.78. The highest BCUT2D eigenvalue weighted by Crippen LogP contribution is 2.49. The summed E-state index contributed by atoms with van der Waals surface area (Å²) in [6.45, 7) is 1.93. The third-order valence-corrected chi connectivity index (χ3v) is 3.24. The molecule has 2 rings (SSSR count). The lowest BCUT2D eigenvalue weighted by Crippen LogP contribution is -2.43. The Balaban J connectivity index is 2.29. The highest BCUT2D eigenvalue weighted by atomic mass is 16.5. The predicted molar refractivity (Wildman–Crippen MR) is 59.9 cm³/mol. The first-order chi connectivity index (χ1) is 7.60. The smallest absolute Gasteiger partial charge is 0.323 e. The van der Waals surface area contributed by atoms with E-state index < -0.39 is 6.04 Å². The molecule has 0 saturated heterocycles. The van der Waals surface area contributed by atoms with E-state index in [2.05, 4.69) is 4.98 Å². The standard InChI is InChI=1S/C12H16N2O2/c1-8-4-3-5-9(14-8)12(6-7-12)10(13)11(15)16-2/h3-5,10H,6-7,13H2,1-2H3. The number of hydrogen-bond acceptors (Lipinski definition) is 4. The number of aryl methyl sites for hydroxylation is 1. The van der Waals surface area contributed by atoms with Crippen LogP contribution in [-0.2, 0) is 14.9 Å². The molecule has 1 aliphatic rings. The quantitative estimate of drug-likeness (QED) is 0.769. The SMILES string of the molecule is COC(=O)C(N)C1(c2cccc(C)n2)CC1. The molecule has 0 bridgehead atoms. The Hall–Kier alpha value is -1.42. The molecule has 0 amide bonds. The number of aromatic nitrogens is 1. The van der Waals surface area contributed by atoms with Crippen molar-refractivity contribution in [2.24, 2.45) is 5.73 Å². The molecule has 16 heavy (non-hydrogen) atoms. The number of esters is 1. The van der Waals surface area contributed by atoms with E-state index in [0.717, 1.165) is 24.2 Å². The van der Waals surface area contributed by atoms with Gasteiger partial charge in [0.1, 0.15) is 6.04 Å². The van der Waals surface area contributed by atoms with Crippen LogP contribution in [0.15, 0.2) is 18.2 Å². The zero-order valence-corrected chi connectivity index (χ0v) is 9.56. The van der Waals surface area contributed by atoms with Crippen LogP contribution in [0.2, 0.25) is 0 Å². The van der Waals surface area contributed by atoms with Crippen LogP contribution in [0.5, 0.6) is 0 Å². The van der Waals surface area contributed by atoms with Gasteiger partial charge in [-0.15, -0.1) is 0 Å². The maximum atomic E-state index is 11.5. The molecule has 1 heterocycles. The molecule has 86 valence electrons. The van der Waals surface area contributed by atoms with Gasteiger partial charge in [-0.3, -0.25) is 9.78 Å². The summed E-state index contributed by atoms with van der Waals surface area (Å²) in [5.74, 6) is -0.360. The molecule has 1 atom stereocenters. The van der Waals surface area contributed by atoms with E-state index in [-0.39, 0.29) is 11.4 Å². The van der Waals surface area contributed by atoms with Crippen LogP contribution >= 0.6 is 0 Å². The first-order valence-corrected chi connectivity index (χ1v) is 5.38. The fourth-order valence-electron chi connectivity index (χ4n) is 2.03. The Labute approximate surface area is 94.8 Å². The van der Waals surface area contributed by atoms with Crippen molar-refractivity contribution in [3.05, 3.63) is 29.6 Å². The number of pyridine rings is 1. The predicted octanol–water partition coefficient (Wildman–Crippen LogP) is 0.922. The van der Waals surface area contributed by atoms with Gasteiger partial charge < -0.3 is 10.5 Å². The first-order valence-electron chi connectivity index (χ1n) is 5.38. The number of ether oxygens (including phenoxy) is 1. The van der Waals surface area contributed by atoms with Gasteiger partial charge in [0.2, 0.25) is 0 Å². The van der Waals surface area contributed by atoms with Crippen molar-refractivity contribution in [1.82, 2.24) is 4.98 Å². The van der Waals surface area contributed by atoms with Crippen LogP contribution < -0.4 is 5.73 Å². The molecule has 1 unspecified atom stereocenters. The molecule has 1 aromatic rings. The third kappa shape index (κ3) is 1.69. The molecule has 1 aromatic heterocycles. The number of methoxy groups -OCH3 is 1. The van der Waals surface area contributed by atoms with Crippen molar-refractivity contribution in [3.8, 4) is 0 Å². The second-order valence-electron chi connectivity index (χ2n) is 4.32. The largest absolute Gasteiger partial charge is 0.468 e. The zero-order valence-electron chi connectivity index (χ0n) is 9.56. The monoisotopic (exact) mass is 220 g/mol. The number of carbonyl (C=O) groups excluding carboxylic acids is 1. The minimum atomic E-state index is -0.605. The van der Waals surface area contributed by atoms with Crippen molar-refractivity contribution in [3.63, 3.8) is 0 Å². The van der Waals surface area contributed by atoms with Gasteiger partial charge in [-0.1, -0.05) is 6.07 Å². The Bertz CT molecular complexity index is 413. The Kier molecular flexibility index (Phi) is 2.68. The Morgan fingerprint density at radius 1 is 1.56 bits per heavy atom. The second-order valence-corrected chi connectivity index (χ2v) is 4.32. The maximum Gasteiger partial charge on any atom is 0.323 e. The van der Waals surface area contributed by atoms with Crippen molar-refractivity contribution in [2.75, 3.05) is 7.11 Å². The van der Waals surface area contributed by atoms with Crippen molar-refractivity contribution in [1.29, 1.82) is 0 Å². The summed E-state index contributed by atoms with van der Waals surface area (Å²) in [5, 5.41) is 0. The number of hydrogen-bond donors (Lipinski definition) is 1. The number of carbonyl (C=O) groups is 1. The average molecular weight is 220 g/mol. The number of rotatable bonds is 3. The fraction of sp³-hybridized carbons (Fsp3) is 0.500. The van der Waals surface area contributed by atoms with Crippen molar-refractivity contribution < 1.29 is 9.53 Å². The van der Waals surface area contributed by atoms with Crippen LogP contribution in [0.25, 0.3) is 0 Å². The topological polar surface area (TPSA) is 65.2 Å². The normalized spacial score (nSPS) is 18.9. The van der Waals surface area contributed by atoms with Crippen LogP contribution in [0.3, 0.4) is 0 Å². The minimum Gasteiger partial charge on any atom is -0.468 e. The molecule has 4 heteroatoms. The summed E-state index contributed by atoms with van der Waals surface area (Å²) >= 11 is 0. The molecule has 2 N–H and O–H groups in total. The van der Waals surface area contributed by atoms with Gasteiger partial charge in [0.15, 0.2) is 0 Å². The van der Waals surface area contributed by atoms with E-state index in [9.17, 15) is 4.79 Å². The molecular weight excluding hydrogens is 204 g/mol. The fourth-order valence-corrected chi connectivity index (χ4v) is 2.03. The number of nitrogens with two attached hydrogens (primary N) is 1. The Morgan fingerprint density at radius 2 is 2.25 bits per heavy atom. The number of nitrogens with zero attached hydrogens (tertiary/aromatic N) is 1. The molecule has 0 aliphatic heterocycles. The van der Waals surface area contributed by atoms with Gasteiger partial charge in [-0.05, 0) is 31.9 Å². The summed E-state index contributed by atoms with van der Waals surface area (Å²) in [7, 11) is 1.36. The van der Waals surface area contributed by atoms with Gasteiger partial charge in [0, 0.05) is 16.8 Å². The van der Waals surface area contributed by atoms with E-state index in [1.165, 1.54) is 7.11 Å². The van der Waals surface area contributed by atoms with E-state index >= 15 is 0 Å². The van der Waals surface area contributed by atoms with E-state index in [0.29, 0.717) is 0 Å². The summed E-state index contributed by atoms with van der Waals surface area (Å²) in [4.78, 5) is 15.9. The molecule has 0 spiro atoms. The lowest BCUT2D eigenvalue weighted by Gasteiger charge is -2.20. The van der Waals surface area contributed by atoms with Crippen LogP contribution in [0.4, 0.5) is 0 Å². The molecular formula is C12H16N2O2. The zero-order chi connectivity index (χ0) is 11.8. The van der Waals surface area contributed by atoms with Crippen LogP contribution in [0.1, 0.15) is 24.2 Å². The van der Waals surface area contributed by atoms with Crippen molar-refractivity contribution >= 4 is 5.97 Å². The maximum absolute atomic E-state index is 11.5. The molecule has 1 fully saturated rings. The van der Waals surface area contributed by atoms with E-state index in [1.807, 2.05) is 25.1 Å². The second kappa shape index (κ2) is 3.87. The Morgan fingerprint density at radius 3 is 2.75 bits per heavy atom. The first kappa shape index (κ1) is 11.1. The van der Waals surface area contributed by atoms with Gasteiger partial charge in [-0.25, -0.2) is 0 Å². The molecule has 1 aliphatic carbocycles. The summed E-state index contributed by atoms with van der Waals surface area (Å²) in [5.41, 5.74) is 7.50. The average Bonchev–Trinajstić information content (AvgIpc) is 3.08. The van der Waals surface area contributed by atoms with Gasteiger partial charge in [0.25, 0.3) is 0 Å². The minimum absolute atomic E-state index is 0.293. The summed E-state index contributed by atoms with van der Waals surface area (Å²) in [6.07, 6.45) is 1.80. The van der Waals surface area contributed by atoms with Crippen LogP contribution in [-0.4, -0.2) is 24.1 Å². The molecule has 4 nitrogen and oxygen atoms in total. The van der Waals surface area contributed by atoms with Crippen molar-refractivity contribution in [2.45, 2.75) is 31.2 Å². The molecule has 0 radical (unpaired) electrons. The van der Waals surface area contributed by atoms with Gasteiger partial charge in [-0.2, -0.15) is 0 Å². The summed E-state index contributed by atoms with van der Waals surface area (Å²) < 4.78 is 4.70. The third-order valence-electron chi connectivity index (χ3n) is 3.24. The van der Waals surface area contributed by atoms with Gasteiger partial charge >= 0.3 is 5.97 Å². The van der Waals surface area contributed by atoms with Gasteiger partial charge in [0.05, 0.1) is 7.11 Å².